The zero-order valence-corrected chi connectivity index (χ0v) is 16.2. The number of methoxy groups -OCH3 is 2. The molecule has 1 aromatic heterocycles. The molecule has 0 atom stereocenters. The molecule has 3 rings (SSSR count). The van der Waals surface area contributed by atoms with Gasteiger partial charge in [0.05, 0.1) is 25.5 Å². The van der Waals surface area contributed by atoms with Gasteiger partial charge in [0.15, 0.2) is 0 Å². The Morgan fingerprint density at radius 2 is 1.76 bits per heavy atom. The smallest absolute Gasteiger partial charge is 0.337 e. The lowest BCUT2D eigenvalue weighted by Gasteiger charge is -2.12. The van der Waals surface area contributed by atoms with Crippen LogP contribution in [0.25, 0.3) is 0 Å². The summed E-state index contributed by atoms with van der Waals surface area (Å²) in [7, 11) is 2.88. The van der Waals surface area contributed by atoms with Gasteiger partial charge in [0, 0.05) is 11.8 Å². The first kappa shape index (κ1) is 19.8. The van der Waals surface area contributed by atoms with Crippen molar-refractivity contribution in [3.05, 3.63) is 71.7 Å². The fraction of sp³-hybridized carbons (Fsp3) is 0.143. The molecule has 0 saturated carbocycles. The number of aromatic nitrogens is 2. The largest absolute Gasteiger partial charge is 0.495 e. The van der Waals surface area contributed by atoms with E-state index in [0.717, 1.165) is 0 Å². The molecule has 0 aliphatic rings. The second-order valence-corrected chi connectivity index (χ2v) is 6.04. The summed E-state index contributed by atoms with van der Waals surface area (Å²) in [4.78, 5) is 32.9. The lowest BCUT2D eigenvalue weighted by molar-refractivity contribution is 0.0600. The standard InChI is InChI=1S/C21H20N4O4/c1-13-22-17(12-19(23-13)25-16-9-4-5-10-18(16)28-2)20(26)24-15-8-6-7-14(11-15)21(27)29-3/h4-12H,1-3H3,(H,24,26)(H,22,23,25). The number of para-hydroxylation sites is 2. The zero-order chi connectivity index (χ0) is 20.8. The highest BCUT2D eigenvalue weighted by molar-refractivity contribution is 6.04. The second-order valence-electron chi connectivity index (χ2n) is 6.04. The minimum atomic E-state index is -0.484. The molecule has 148 valence electrons. The highest BCUT2D eigenvalue weighted by Gasteiger charge is 2.13. The second kappa shape index (κ2) is 8.83. The van der Waals surface area contributed by atoms with Gasteiger partial charge in [0.1, 0.15) is 23.1 Å². The maximum Gasteiger partial charge on any atom is 0.337 e. The summed E-state index contributed by atoms with van der Waals surface area (Å²) in [6, 6.07) is 15.4. The Bertz CT molecular complexity index is 1050. The van der Waals surface area contributed by atoms with E-state index in [1.807, 2.05) is 24.3 Å². The van der Waals surface area contributed by atoms with E-state index in [1.165, 1.54) is 13.2 Å². The van der Waals surface area contributed by atoms with Crippen LogP contribution in [0.15, 0.2) is 54.6 Å². The summed E-state index contributed by atoms with van der Waals surface area (Å²) in [5.74, 6) is 0.617. The van der Waals surface area contributed by atoms with E-state index in [1.54, 1.807) is 38.3 Å². The van der Waals surface area contributed by atoms with Crippen molar-refractivity contribution in [2.45, 2.75) is 6.92 Å². The number of benzene rings is 2. The molecule has 2 aromatic carbocycles. The summed E-state index contributed by atoms with van der Waals surface area (Å²) in [6.45, 7) is 1.70. The van der Waals surface area contributed by atoms with Gasteiger partial charge in [-0.15, -0.1) is 0 Å². The first-order chi connectivity index (χ1) is 14.0. The molecule has 0 bridgehead atoms. The maximum absolute atomic E-state index is 12.7. The molecule has 0 spiro atoms. The SMILES string of the molecule is COC(=O)c1cccc(NC(=O)c2cc(Nc3ccccc3OC)nc(C)n2)c1. The number of carbonyl (C=O) groups is 2. The van der Waals surface area contributed by atoms with Crippen LogP contribution in [0.4, 0.5) is 17.2 Å². The van der Waals surface area contributed by atoms with Crippen molar-refractivity contribution in [2.75, 3.05) is 24.9 Å². The quantitative estimate of drug-likeness (QED) is 0.618. The van der Waals surface area contributed by atoms with E-state index < -0.39 is 11.9 Å². The summed E-state index contributed by atoms with van der Waals surface area (Å²) >= 11 is 0. The zero-order valence-electron chi connectivity index (χ0n) is 16.2. The maximum atomic E-state index is 12.7. The summed E-state index contributed by atoms with van der Waals surface area (Å²) < 4.78 is 10.0. The molecule has 8 heteroatoms. The average Bonchev–Trinajstić information content (AvgIpc) is 2.73. The monoisotopic (exact) mass is 392 g/mol. The molecule has 1 amide bonds. The number of nitrogens with zero attached hydrogens (tertiary/aromatic N) is 2. The van der Waals surface area contributed by atoms with E-state index in [4.69, 9.17) is 9.47 Å². The van der Waals surface area contributed by atoms with E-state index in [0.29, 0.717) is 34.3 Å². The molecule has 0 radical (unpaired) electrons. The number of aryl methyl sites for hydroxylation is 1. The van der Waals surface area contributed by atoms with Crippen LogP contribution in [0, 0.1) is 6.92 Å². The van der Waals surface area contributed by atoms with Crippen LogP contribution < -0.4 is 15.4 Å². The third kappa shape index (κ3) is 4.86. The van der Waals surface area contributed by atoms with Gasteiger partial charge in [0.2, 0.25) is 0 Å². The van der Waals surface area contributed by atoms with Crippen LogP contribution in [0.1, 0.15) is 26.7 Å². The Balaban J connectivity index is 1.82. The van der Waals surface area contributed by atoms with E-state index in [9.17, 15) is 9.59 Å². The molecule has 1 heterocycles. The minimum Gasteiger partial charge on any atom is -0.495 e. The average molecular weight is 392 g/mol. The molecular weight excluding hydrogens is 372 g/mol. The number of nitrogens with one attached hydrogen (secondary N) is 2. The number of rotatable bonds is 6. The topological polar surface area (TPSA) is 102 Å². The number of amides is 1. The molecule has 3 aromatic rings. The van der Waals surface area contributed by atoms with Gasteiger partial charge < -0.3 is 20.1 Å². The number of hydrogen-bond acceptors (Lipinski definition) is 7. The van der Waals surface area contributed by atoms with Crippen LogP contribution in [0.3, 0.4) is 0 Å². The van der Waals surface area contributed by atoms with E-state index in [2.05, 4.69) is 20.6 Å². The number of hydrogen-bond donors (Lipinski definition) is 2. The van der Waals surface area contributed by atoms with Gasteiger partial charge in [-0.25, -0.2) is 14.8 Å². The molecule has 0 fully saturated rings. The summed E-state index contributed by atoms with van der Waals surface area (Å²) in [6.07, 6.45) is 0. The molecule has 29 heavy (non-hydrogen) atoms. The van der Waals surface area contributed by atoms with Crippen molar-refractivity contribution >= 4 is 29.1 Å². The van der Waals surface area contributed by atoms with Crippen LogP contribution in [-0.2, 0) is 4.74 Å². The Hall–Kier alpha value is -3.94. The predicted molar refractivity (Wildman–Crippen MR) is 109 cm³/mol. The van der Waals surface area contributed by atoms with Crippen molar-refractivity contribution in [3.63, 3.8) is 0 Å². The molecule has 0 saturated heterocycles. The molecule has 2 N–H and O–H groups in total. The van der Waals surface area contributed by atoms with Crippen LogP contribution in [0.2, 0.25) is 0 Å². The number of ether oxygens (including phenoxy) is 2. The van der Waals surface area contributed by atoms with Crippen LogP contribution in [0.5, 0.6) is 5.75 Å². The normalized spacial score (nSPS) is 10.2. The Morgan fingerprint density at radius 1 is 0.966 bits per heavy atom. The van der Waals surface area contributed by atoms with Gasteiger partial charge >= 0.3 is 5.97 Å². The molecule has 0 aliphatic carbocycles. The first-order valence-corrected chi connectivity index (χ1v) is 8.75. The molecule has 8 nitrogen and oxygen atoms in total. The summed E-state index contributed by atoms with van der Waals surface area (Å²) in [5, 5.41) is 5.87. The van der Waals surface area contributed by atoms with Crippen LogP contribution >= 0.6 is 0 Å². The lowest BCUT2D eigenvalue weighted by atomic mass is 10.2. The Morgan fingerprint density at radius 3 is 2.52 bits per heavy atom. The number of esters is 1. The molecule has 0 aliphatic heterocycles. The van der Waals surface area contributed by atoms with E-state index in [-0.39, 0.29) is 5.69 Å². The number of carbonyl (C=O) groups excluding carboxylic acids is 2. The molecular formula is C21H20N4O4. The van der Waals surface area contributed by atoms with Gasteiger partial charge in [-0.3, -0.25) is 4.79 Å². The highest BCUT2D eigenvalue weighted by atomic mass is 16.5. The van der Waals surface area contributed by atoms with Crippen molar-refractivity contribution in [2.24, 2.45) is 0 Å². The third-order valence-corrected chi connectivity index (χ3v) is 3.98. The van der Waals surface area contributed by atoms with Gasteiger partial charge in [0.25, 0.3) is 5.91 Å². The van der Waals surface area contributed by atoms with Crippen LogP contribution in [-0.4, -0.2) is 36.1 Å². The highest BCUT2D eigenvalue weighted by Crippen LogP contribution is 2.26. The van der Waals surface area contributed by atoms with Crippen molar-refractivity contribution in [1.29, 1.82) is 0 Å². The van der Waals surface area contributed by atoms with Crippen molar-refractivity contribution < 1.29 is 19.1 Å². The summed E-state index contributed by atoms with van der Waals surface area (Å²) in [5.41, 5.74) is 1.68. The Labute approximate surface area is 167 Å². The predicted octanol–water partition coefficient (Wildman–Crippen LogP) is 3.58. The van der Waals surface area contributed by atoms with Crippen molar-refractivity contribution in [3.8, 4) is 5.75 Å². The number of anilines is 3. The fourth-order valence-electron chi connectivity index (χ4n) is 2.67. The lowest BCUT2D eigenvalue weighted by Crippen LogP contribution is -2.16. The molecule has 0 unspecified atom stereocenters. The fourth-order valence-corrected chi connectivity index (χ4v) is 2.67. The Kier molecular flexibility index (Phi) is 6.03. The third-order valence-electron chi connectivity index (χ3n) is 3.98. The minimum absolute atomic E-state index is 0.179. The van der Waals surface area contributed by atoms with Gasteiger partial charge in [-0.05, 0) is 37.3 Å². The first-order valence-electron chi connectivity index (χ1n) is 8.75. The van der Waals surface area contributed by atoms with E-state index >= 15 is 0 Å². The van der Waals surface area contributed by atoms with Gasteiger partial charge in [-0.1, -0.05) is 18.2 Å². The van der Waals surface area contributed by atoms with Crippen molar-refractivity contribution in [1.82, 2.24) is 9.97 Å². The van der Waals surface area contributed by atoms with Gasteiger partial charge in [-0.2, -0.15) is 0 Å².